The molecule has 0 aromatic rings. The van der Waals surface area contributed by atoms with Crippen molar-refractivity contribution in [1.82, 2.24) is 5.32 Å². The van der Waals surface area contributed by atoms with Gasteiger partial charge in [-0.15, -0.1) is 0 Å². The van der Waals surface area contributed by atoms with Crippen molar-refractivity contribution < 1.29 is 32.3 Å². The summed E-state index contributed by atoms with van der Waals surface area (Å²) in [6.45, 7) is 12.3. The van der Waals surface area contributed by atoms with Crippen molar-refractivity contribution in [3.05, 3.63) is 24.3 Å². The second-order valence-electron chi connectivity index (χ2n) is 12.6. The number of rotatable bonds is 17. The molecule has 4 aliphatic carbocycles. The topological polar surface area (TPSA) is 92.3 Å². The van der Waals surface area contributed by atoms with E-state index in [0.717, 1.165) is 19.3 Å². The molecule has 0 aromatic heterocycles. The van der Waals surface area contributed by atoms with Gasteiger partial charge in [0.1, 0.15) is 12.7 Å². The predicted octanol–water partition coefficient (Wildman–Crippen LogP) is 6.05. The first-order chi connectivity index (χ1) is 19.1. The molecule has 4 aliphatic rings. The van der Waals surface area contributed by atoms with Gasteiger partial charge in [0.25, 0.3) is 0 Å². The highest BCUT2D eigenvalue weighted by Crippen LogP contribution is 2.55. The second-order valence-corrected chi connectivity index (χ2v) is 15.4. The Labute approximate surface area is 241 Å². The molecule has 0 aromatic carbocycles. The van der Waals surface area contributed by atoms with Gasteiger partial charge in [-0.2, -0.15) is 0 Å². The predicted molar refractivity (Wildman–Crippen MR) is 155 cm³/mol. The van der Waals surface area contributed by atoms with E-state index in [-0.39, 0.29) is 23.9 Å². The molecule has 4 bridgehead atoms. The monoisotopic (exact) mass is 577 g/mol. The number of hydrogen-bond donors (Lipinski definition) is 1. The van der Waals surface area contributed by atoms with Crippen LogP contribution in [-0.4, -0.2) is 59.9 Å². The van der Waals surface area contributed by atoms with Crippen molar-refractivity contribution in [3.63, 3.8) is 0 Å². The van der Waals surface area contributed by atoms with Crippen molar-refractivity contribution in [2.24, 2.45) is 34.5 Å². The van der Waals surface area contributed by atoms with Crippen LogP contribution in [0.15, 0.2) is 24.3 Å². The summed E-state index contributed by atoms with van der Waals surface area (Å²) >= 11 is 0. The minimum absolute atomic E-state index is 0.0952. The number of carbonyl (C=O) groups is 2. The lowest BCUT2D eigenvalue weighted by Crippen LogP contribution is -2.46. The van der Waals surface area contributed by atoms with Crippen LogP contribution in [0, 0.1) is 34.5 Å². The first-order valence-electron chi connectivity index (χ1n) is 15.6. The van der Waals surface area contributed by atoms with Crippen LogP contribution < -0.4 is 5.32 Å². The van der Waals surface area contributed by atoms with Crippen molar-refractivity contribution in [2.45, 2.75) is 91.7 Å². The molecule has 1 amide bonds. The van der Waals surface area contributed by atoms with Gasteiger partial charge < -0.3 is 28.1 Å². The first-order valence-corrected chi connectivity index (χ1v) is 17.5. The fraction of sp³-hybridized carbons (Fsp3) is 0.806. The smallest absolute Gasteiger partial charge is 0.461 e. The highest BCUT2D eigenvalue weighted by Gasteiger charge is 2.51. The van der Waals surface area contributed by atoms with E-state index in [1.165, 1.54) is 12.8 Å². The molecular formula is C31H51NO7Si. The first kappa shape index (κ1) is 31.3. The van der Waals surface area contributed by atoms with E-state index in [9.17, 15) is 9.59 Å². The number of allylic oxidation sites excluding steroid dienone is 4. The average molecular weight is 578 g/mol. The molecule has 0 saturated heterocycles. The van der Waals surface area contributed by atoms with E-state index in [1.807, 2.05) is 27.7 Å². The van der Waals surface area contributed by atoms with E-state index >= 15 is 0 Å². The number of ether oxygens (including phenoxy) is 2. The zero-order chi connectivity index (χ0) is 28.8. The number of fused-ring (bicyclic) bond motifs is 4. The maximum absolute atomic E-state index is 13.2. The maximum atomic E-state index is 13.2. The van der Waals surface area contributed by atoms with Gasteiger partial charge in [-0.25, -0.2) is 4.79 Å². The van der Waals surface area contributed by atoms with Gasteiger partial charge in [-0.3, -0.25) is 4.79 Å². The molecule has 2 saturated carbocycles. The van der Waals surface area contributed by atoms with E-state index in [4.69, 9.17) is 22.8 Å². The van der Waals surface area contributed by atoms with Crippen molar-refractivity contribution >= 4 is 20.9 Å². The molecule has 226 valence electrons. The molecule has 7 unspecified atom stereocenters. The van der Waals surface area contributed by atoms with E-state index in [2.05, 4.69) is 36.5 Å². The molecule has 1 N–H and O–H groups in total. The Morgan fingerprint density at radius 2 is 1.55 bits per heavy atom. The molecule has 0 spiro atoms. The minimum Gasteiger partial charge on any atom is -0.461 e. The van der Waals surface area contributed by atoms with Gasteiger partial charge in [-0.1, -0.05) is 31.2 Å². The van der Waals surface area contributed by atoms with Crippen LogP contribution in [0.2, 0.25) is 6.04 Å². The lowest BCUT2D eigenvalue weighted by atomic mass is 9.74. The Hall–Kier alpha value is -1.68. The number of hydrogen-bond acceptors (Lipinski definition) is 7. The third kappa shape index (κ3) is 7.20. The Kier molecular flexibility index (Phi) is 10.6. The number of amides is 1. The van der Waals surface area contributed by atoms with Gasteiger partial charge in [0.15, 0.2) is 0 Å². The molecule has 4 rings (SSSR count). The number of nitrogens with one attached hydrogen (secondary N) is 1. The molecule has 0 radical (unpaired) electrons. The average Bonchev–Trinajstić information content (AvgIpc) is 3.70. The Morgan fingerprint density at radius 1 is 0.925 bits per heavy atom. The van der Waals surface area contributed by atoms with Crippen LogP contribution >= 0.6 is 0 Å². The van der Waals surface area contributed by atoms with E-state index in [1.54, 1.807) is 0 Å². The summed E-state index contributed by atoms with van der Waals surface area (Å²) in [6, 6.07) is 0.619. The molecule has 0 heterocycles. The highest BCUT2D eigenvalue weighted by atomic mass is 28.4. The molecule has 9 heteroatoms. The highest BCUT2D eigenvalue weighted by molar-refractivity contribution is 6.60. The van der Waals surface area contributed by atoms with Gasteiger partial charge in [0, 0.05) is 32.4 Å². The molecule has 0 aliphatic heterocycles. The Bertz CT molecular complexity index is 924. The van der Waals surface area contributed by atoms with E-state index < -0.39 is 26.4 Å². The van der Waals surface area contributed by atoms with Gasteiger partial charge in [0.2, 0.25) is 0 Å². The quantitative estimate of drug-likeness (QED) is 0.0974. The maximum Gasteiger partial charge on any atom is 0.500 e. The van der Waals surface area contributed by atoms with Gasteiger partial charge in [-0.05, 0) is 102 Å². The fourth-order valence-corrected chi connectivity index (χ4v) is 10.1. The van der Waals surface area contributed by atoms with Crippen molar-refractivity contribution in [3.8, 4) is 0 Å². The van der Waals surface area contributed by atoms with Crippen molar-refractivity contribution in [2.75, 3.05) is 33.0 Å². The number of carbonyl (C=O) groups excluding carboxylic acids is 2. The summed E-state index contributed by atoms with van der Waals surface area (Å²) in [5, 5.41) is 2.88. The molecule has 8 nitrogen and oxygen atoms in total. The van der Waals surface area contributed by atoms with Crippen molar-refractivity contribution in [1.29, 1.82) is 0 Å². The van der Waals surface area contributed by atoms with Crippen LogP contribution in [0.25, 0.3) is 0 Å². The van der Waals surface area contributed by atoms with Crippen LogP contribution in [0.4, 0.5) is 4.79 Å². The number of alkyl carbamates (subject to hydrolysis) is 1. The standard InChI is InChI=1S/C31H51NO7Si/c1-6-36-40(37-7-2,38-8-3)17-9-16-32-29(34)39-27(14-15-30(4)20-23-10-12-25(30)18-23)22-35-28(33)31(5)21-24-11-13-26(31)19-24/h10-13,23-27H,6-9,14-22H2,1-5H3,(H,32,34). The van der Waals surface area contributed by atoms with Crippen LogP contribution in [0.1, 0.15) is 79.6 Å². The summed E-state index contributed by atoms with van der Waals surface area (Å²) in [4.78, 5) is 26.0. The van der Waals surface area contributed by atoms with Gasteiger partial charge >= 0.3 is 20.9 Å². The van der Waals surface area contributed by atoms with Crippen LogP contribution in [0.5, 0.6) is 0 Å². The summed E-state index contributed by atoms with van der Waals surface area (Å²) in [5.41, 5.74) is -0.277. The lowest BCUT2D eigenvalue weighted by molar-refractivity contribution is -0.159. The summed E-state index contributed by atoms with van der Waals surface area (Å²) in [5.74, 6) is 1.80. The minimum atomic E-state index is -2.75. The molecule has 40 heavy (non-hydrogen) atoms. The van der Waals surface area contributed by atoms with Crippen LogP contribution in [0.3, 0.4) is 0 Å². The van der Waals surface area contributed by atoms with E-state index in [0.29, 0.717) is 63.0 Å². The SMILES string of the molecule is CCO[Si](CCCNC(=O)OC(CCC1(C)CC2C=CC1C2)COC(=O)C1(C)CC2C=CC1C2)(OCC)OCC. The van der Waals surface area contributed by atoms with Crippen LogP contribution in [-0.2, 0) is 27.5 Å². The largest absolute Gasteiger partial charge is 0.500 e. The Morgan fingerprint density at radius 3 is 2.08 bits per heavy atom. The zero-order valence-corrected chi connectivity index (χ0v) is 26.2. The fourth-order valence-electron chi connectivity index (χ4n) is 7.50. The normalized spacial score (nSPS) is 32.5. The summed E-state index contributed by atoms with van der Waals surface area (Å²) in [7, 11) is -2.75. The third-order valence-corrected chi connectivity index (χ3v) is 12.8. The second kappa shape index (κ2) is 13.5. The van der Waals surface area contributed by atoms with Gasteiger partial charge in [0.05, 0.1) is 5.41 Å². The molecule has 2 fully saturated rings. The zero-order valence-electron chi connectivity index (χ0n) is 25.2. The number of esters is 1. The Balaban J connectivity index is 1.29. The molecule has 7 atom stereocenters. The lowest BCUT2D eigenvalue weighted by Gasteiger charge is -2.33. The molecular weight excluding hydrogens is 526 g/mol. The summed E-state index contributed by atoms with van der Waals surface area (Å²) < 4.78 is 29.5. The third-order valence-electron chi connectivity index (χ3n) is 9.67. The summed E-state index contributed by atoms with van der Waals surface area (Å²) in [6.07, 6.45) is 14.7.